The van der Waals surface area contributed by atoms with Crippen LogP contribution in [0.2, 0.25) is 0 Å². The van der Waals surface area contributed by atoms with Crippen molar-refractivity contribution < 1.29 is 19.4 Å². The average Bonchev–Trinajstić information content (AvgIpc) is 3.09. The third kappa shape index (κ3) is 3.66. The number of carboxylic acids is 1. The van der Waals surface area contributed by atoms with Gasteiger partial charge in [0.15, 0.2) is 11.7 Å². The minimum atomic E-state index is -1.19. The van der Waals surface area contributed by atoms with E-state index in [9.17, 15) is 14.7 Å². The number of nitrogens with one attached hydrogen (secondary N) is 1. The second kappa shape index (κ2) is 7.67. The number of ether oxygens (including phenoxy) is 1. The number of carbonyl (C=O) groups excluding carboxylic acids is 1. The number of carboxylic acid groups (broad SMARTS) is 1. The van der Waals surface area contributed by atoms with E-state index in [4.69, 9.17) is 4.74 Å². The van der Waals surface area contributed by atoms with E-state index < -0.39 is 17.9 Å². The van der Waals surface area contributed by atoms with Crippen molar-refractivity contribution in [2.24, 2.45) is 0 Å². The highest BCUT2D eigenvalue weighted by Crippen LogP contribution is 2.23. The quantitative estimate of drug-likeness (QED) is 0.679. The van der Waals surface area contributed by atoms with Gasteiger partial charge in [-0.15, -0.1) is 0 Å². The maximum absolute atomic E-state index is 12.9. The van der Waals surface area contributed by atoms with Crippen molar-refractivity contribution in [2.45, 2.75) is 32.9 Å². The van der Waals surface area contributed by atoms with Gasteiger partial charge in [0.05, 0.1) is 24.3 Å². The standard InChI is InChI=1S/C20H22N4O4/c1-11(2)24-18-16(10-21-24)15(9-12(3)22-18)19(25)23-17(20(26)27)13-5-7-14(28-4)8-6-13/h5-11,17H,1-4H3,(H,23,25)(H,26,27). The van der Waals surface area contributed by atoms with E-state index in [-0.39, 0.29) is 6.04 Å². The molecular formula is C20H22N4O4. The molecule has 1 unspecified atom stereocenters. The normalized spacial score (nSPS) is 12.2. The molecule has 1 aromatic carbocycles. The maximum Gasteiger partial charge on any atom is 0.330 e. The summed E-state index contributed by atoms with van der Waals surface area (Å²) >= 11 is 0. The molecule has 0 radical (unpaired) electrons. The first-order valence-electron chi connectivity index (χ1n) is 8.84. The topological polar surface area (TPSA) is 106 Å². The Morgan fingerprint density at radius 3 is 2.46 bits per heavy atom. The molecule has 3 rings (SSSR count). The van der Waals surface area contributed by atoms with Gasteiger partial charge in [0.25, 0.3) is 5.91 Å². The third-order valence-electron chi connectivity index (χ3n) is 4.40. The van der Waals surface area contributed by atoms with Crippen molar-refractivity contribution in [1.29, 1.82) is 0 Å². The smallest absolute Gasteiger partial charge is 0.330 e. The molecule has 2 heterocycles. The fraction of sp³-hybridized carbons (Fsp3) is 0.300. The average molecular weight is 382 g/mol. The Kier molecular flexibility index (Phi) is 5.30. The molecule has 0 aliphatic rings. The molecule has 0 spiro atoms. The highest BCUT2D eigenvalue weighted by molar-refractivity contribution is 6.06. The molecule has 8 nitrogen and oxygen atoms in total. The Bertz CT molecular complexity index is 1020. The van der Waals surface area contributed by atoms with Crippen LogP contribution in [-0.4, -0.2) is 38.9 Å². The van der Waals surface area contributed by atoms with Gasteiger partial charge < -0.3 is 15.2 Å². The first kappa shape index (κ1) is 19.3. The van der Waals surface area contributed by atoms with Crippen LogP contribution in [0, 0.1) is 6.92 Å². The number of carbonyl (C=O) groups is 2. The van der Waals surface area contributed by atoms with Gasteiger partial charge in [-0.25, -0.2) is 14.5 Å². The van der Waals surface area contributed by atoms with Crippen molar-refractivity contribution in [1.82, 2.24) is 20.1 Å². The number of benzene rings is 1. The lowest BCUT2D eigenvalue weighted by Crippen LogP contribution is -2.34. The molecule has 0 bridgehead atoms. The van der Waals surface area contributed by atoms with Crippen LogP contribution in [0.1, 0.15) is 47.5 Å². The van der Waals surface area contributed by atoms with Crippen molar-refractivity contribution in [3.05, 3.63) is 53.3 Å². The summed E-state index contributed by atoms with van der Waals surface area (Å²) < 4.78 is 6.83. The van der Waals surface area contributed by atoms with Crippen LogP contribution < -0.4 is 10.1 Å². The zero-order chi connectivity index (χ0) is 20.4. The Morgan fingerprint density at radius 1 is 1.21 bits per heavy atom. The third-order valence-corrected chi connectivity index (χ3v) is 4.40. The zero-order valence-electron chi connectivity index (χ0n) is 16.1. The van der Waals surface area contributed by atoms with E-state index in [1.165, 1.54) is 7.11 Å². The summed E-state index contributed by atoms with van der Waals surface area (Å²) in [6.07, 6.45) is 1.58. The number of methoxy groups -OCH3 is 1. The van der Waals surface area contributed by atoms with Crippen molar-refractivity contribution in [3.8, 4) is 5.75 Å². The van der Waals surface area contributed by atoms with E-state index in [0.29, 0.717) is 33.6 Å². The minimum absolute atomic E-state index is 0.0776. The van der Waals surface area contributed by atoms with Gasteiger partial charge in [0.1, 0.15) is 5.75 Å². The number of hydrogen-bond acceptors (Lipinski definition) is 5. The molecule has 2 aromatic heterocycles. The lowest BCUT2D eigenvalue weighted by atomic mass is 10.1. The lowest BCUT2D eigenvalue weighted by Gasteiger charge is -2.16. The number of fused-ring (bicyclic) bond motifs is 1. The number of hydrogen-bond donors (Lipinski definition) is 2. The number of aliphatic carboxylic acids is 1. The highest BCUT2D eigenvalue weighted by Gasteiger charge is 2.25. The molecule has 2 N–H and O–H groups in total. The first-order valence-corrected chi connectivity index (χ1v) is 8.84. The molecule has 146 valence electrons. The lowest BCUT2D eigenvalue weighted by molar-refractivity contribution is -0.139. The molecule has 0 saturated heterocycles. The van der Waals surface area contributed by atoms with Crippen molar-refractivity contribution >= 4 is 22.9 Å². The zero-order valence-corrected chi connectivity index (χ0v) is 16.1. The molecule has 1 atom stereocenters. The molecule has 8 heteroatoms. The van der Waals surface area contributed by atoms with Gasteiger partial charge in [-0.05, 0) is 44.5 Å². The van der Waals surface area contributed by atoms with Gasteiger partial charge in [-0.3, -0.25) is 4.79 Å². The van der Waals surface area contributed by atoms with Crippen LogP contribution in [0.25, 0.3) is 11.0 Å². The molecule has 0 saturated carbocycles. The van der Waals surface area contributed by atoms with Gasteiger partial charge in [0, 0.05) is 11.7 Å². The number of pyridine rings is 1. The summed E-state index contributed by atoms with van der Waals surface area (Å²) in [4.78, 5) is 29.2. The largest absolute Gasteiger partial charge is 0.497 e. The summed E-state index contributed by atoms with van der Waals surface area (Å²) in [5.41, 5.74) is 2.03. The summed E-state index contributed by atoms with van der Waals surface area (Å²) in [5, 5.41) is 17.1. The molecule has 0 aliphatic carbocycles. The summed E-state index contributed by atoms with van der Waals surface area (Å²) in [6, 6.07) is 7.05. The van der Waals surface area contributed by atoms with Crippen LogP contribution in [0.5, 0.6) is 5.75 Å². The van der Waals surface area contributed by atoms with Crippen LogP contribution in [0.15, 0.2) is 36.5 Å². The Morgan fingerprint density at radius 2 is 1.89 bits per heavy atom. The number of amides is 1. The molecule has 0 fully saturated rings. The van der Waals surface area contributed by atoms with Crippen LogP contribution in [0.3, 0.4) is 0 Å². The fourth-order valence-corrected chi connectivity index (χ4v) is 3.00. The Hall–Kier alpha value is -3.42. The summed E-state index contributed by atoms with van der Waals surface area (Å²) in [5.74, 6) is -1.05. The van der Waals surface area contributed by atoms with E-state index >= 15 is 0 Å². The van der Waals surface area contributed by atoms with E-state index in [1.54, 1.807) is 48.1 Å². The van der Waals surface area contributed by atoms with Crippen LogP contribution >= 0.6 is 0 Å². The molecule has 1 amide bonds. The van der Waals surface area contributed by atoms with Gasteiger partial charge in [-0.2, -0.15) is 5.10 Å². The number of rotatable bonds is 6. The number of nitrogens with zero attached hydrogens (tertiary/aromatic N) is 3. The van der Waals surface area contributed by atoms with E-state index in [2.05, 4.69) is 15.4 Å². The monoisotopic (exact) mass is 382 g/mol. The van der Waals surface area contributed by atoms with Crippen LogP contribution in [0.4, 0.5) is 0 Å². The number of aromatic nitrogens is 3. The van der Waals surface area contributed by atoms with Crippen molar-refractivity contribution in [2.75, 3.05) is 7.11 Å². The predicted octanol–water partition coefficient (Wildman–Crippen LogP) is 2.88. The van der Waals surface area contributed by atoms with Gasteiger partial charge in [-0.1, -0.05) is 12.1 Å². The molecule has 28 heavy (non-hydrogen) atoms. The van der Waals surface area contributed by atoms with Gasteiger partial charge >= 0.3 is 5.97 Å². The number of aryl methyl sites for hydroxylation is 1. The summed E-state index contributed by atoms with van der Waals surface area (Å²) in [6.45, 7) is 5.73. The van der Waals surface area contributed by atoms with E-state index in [1.807, 2.05) is 13.8 Å². The Labute approximate surface area is 162 Å². The second-order valence-electron chi connectivity index (χ2n) is 6.75. The van der Waals surface area contributed by atoms with Crippen LogP contribution in [-0.2, 0) is 4.79 Å². The molecule has 0 aliphatic heterocycles. The fourth-order valence-electron chi connectivity index (χ4n) is 3.00. The Balaban J connectivity index is 1.97. The van der Waals surface area contributed by atoms with Crippen molar-refractivity contribution in [3.63, 3.8) is 0 Å². The predicted molar refractivity (Wildman–Crippen MR) is 103 cm³/mol. The molecule has 3 aromatic rings. The second-order valence-corrected chi connectivity index (χ2v) is 6.75. The minimum Gasteiger partial charge on any atom is -0.497 e. The first-order chi connectivity index (χ1) is 13.3. The maximum atomic E-state index is 12.9. The highest BCUT2D eigenvalue weighted by atomic mass is 16.5. The summed E-state index contributed by atoms with van der Waals surface area (Å²) in [7, 11) is 1.53. The SMILES string of the molecule is COc1ccc(C(NC(=O)c2cc(C)nc3c2cnn3C(C)C)C(=O)O)cc1. The molecular weight excluding hydrogens is 360 g/mol. The van der Waals surface area contributed by atoms with Gasteiger partial charge in [0.2, 0.25) is 0 Å². The van der Waals surface area contributed by atoms with E-state index in [0.717, 1.165) is 0 Å².